The molecule has 0 radical (unpaired) electrons. The van der Waals surface area contributed by atoms with Crippen LogP contribution < -0.4 is 0 Å². The van der Waals surface area contributed by atoms with E-state index < -0.39 is 5.41 Å². The Morgan fingerprint density at radius 1 is 1.47 bits per heavy atom. The second kappa shape index (κ2) is 3.42. The summed E-state index contributed by atoms with van der Waals surface area (Å²) in [5.74, 6) is -0.280. The van der Waals surface area contributed by atoms with Crippen LogP contribution in [0, 0.1) is 17.1 Å². The van der Waals surface area contributed by atoms with Gasteiger partial charge >= 0.3 is 0 Å². The molecule has 0 aromatic heterocycles. The van der Waals surface area contributed by atoms with Crippen molar-refractivity contribution < 1.29 is 9.18 Å². The van der Waals surface area contributed by atoms with Gasteiger partial charge in [0.05, 0.1) is 11.5 Å². The van der Waals surface area contributed by atoms with Crippen LogP contribution in [0.4, 0.5) is 4.39 Å². The summed E-state index contributed by atoms with van der Waals surface area (Å²) in [6.45, 7) is 0. The summed E-state index contributed by atoms with van der Waals surface area (Å²) >= 11 is 3.22. The van der Waals surface area contributed by atoms with Gasteiger partial charge in [-0.05, 0) is 17.7 Å². The number of hydrogen-bond donors (Lipinski definition) is 0. The Morgan fingerprint density at radius 3 is 2.60 bits per heavy atom. The number of nitrogens with zero attached hydrogens (tertiary/aromatic N) is 1. The molecule has 1 saturated carbocycles. The molecule has 76 valence electrons. The number of hydrogen-bond acceptors (Lipinski definition) is 2. The topological polar surface area (TPSA) is 40.9 Å². The lowest BCUT2D eigenvalue weighted by molar-refractivity contribution is -0.126. The molecule has 2 nitrogen and oxygen atoms in total. The summed E-state index contributed by atoms with van der Waals surface area (Å²) in [4.78, 5) is 11.0. The van der Waals surface area contributed by atoms with Crippen LogP contribution in [0.25, 0.3) is 0 Å². The molecule has 1 aromatic rings. The SMILES string of the molecule is N#CC1(c2ccc(F)cc2Br)CC(=O)C1. The highest BCUT2D eigenvalue weighted by atomic mass is 79.9. The van der Waals surface area contributed by atoms with E-state index in [0.29, 0.717) is 10.0 Å². The normalized spacial score (nSPS) is 18.1. The van der Waals surface area contributed by atoms with Crippen LogP contribution in [-0.2, 0) is 10.2 Å². The molecular formula is C11H7BrFNO. The van der Waals surface area contributed by atoms with Crippen molar-refractivity contribution in [3.05, 3.63) is 34.1 Å². The third kappa shape index (κ3) is 1.57. The summed E-state index contributed by atoms with van der Waals surface area (Å²) < 4.78 is 13.4. The maximum Gasteiger partial charge on any atom is 0.136 e. The third-order valence-electron chi connectivity index (χ3n) is 2.66. The van der Waals surface area contributed by atoms with Gasteiger partial charge in [-0.1, -0.05) is 22.0 Å². The zero-order valence-corrected chi connectivity index (χ0v) is 9.34. The molecule has 0 N–H and O–H groups in total. The van der Waals surface area contributed by atoms with E-state index in [0.717, 1.165) is 0 Å². The smallest absolute Gasteiger partial charge is 0.136 e. The molecule has 4 heteroatoms. The monoisotopic (exact) mass is 267 g/mol. The lowest BCUT2D eigenvalue weighted by Gasteiger charge is -2.34. The molecule has 1 fully saturated rings. The second-order valence-corrected chi connectivity index (χ2v) is 4.56. The van der Waals surface area contributed by atoms with Crippen LogP contribution in [0.15, 0.2) is 22.7 Å². The molecule has 0 spiro atoms. The lowest BCUT2D eigenvalue weighted by atomic mass is 9.65. The summed E-state index contributed by atoms with van der Waals surface area (Å²) in [5, 5.41) is 9.08. The van der Waals surface area contributed by atoms with Crippen LogP contribution in [0.3, 0.4) is 0 Å². The fraction of sp³-hybridized carbons (Fsp3) is 0.273. The standard InChI is InChI=1S/C11H7BrFNO/c12-10-3-7(13)1-2-9(10)11(6-14)4-8(15)5-11/h1-3H,4-5H2. The van der Waals surface area contributed by atoms with Crippen molar-refractivity contribution in [3.8, 4) is 6.07 Å². The van der Waals surface area contributed by atoms with Crippen molar-refractivity contribution in [2.24, 2.45) is 0 Å². The molecule has 0 bridgehead atoms. The minimum absolute atomic E-state index is 0.0766. The minimum Gasteiger partial charge on any atom is -0.300 e. The highest BCUT2D eigenvalue weighted by molar-refractivity contribution is 9.10. The third-order valence-corrected chi connectivity index (χ3v) is 3.31. The van der Waals surface area contributed by atoms with E-state index in [1.54, 1.807) is 6.07 Å². The van der Waals surface area contributed by atoms with Crippen molar-refractivity contribution in [1.82, 2.24) is 0 Å². The van der Waals surface area contributed by atoms with Crippen LogP contribution >= 0.6 is 15.9 Å². The quantitative estimate of drug-likeness (QED) is 0.785. The molecule has 0 aliphatic heterocycles. The van der Waals surface area contributed by atoms with Gasteiger partial charge in [0.15, 0.2) is 0 Å². The molecule has 0 unspecified atom stereocenters. The lowest BCUT2D eigenvalue weighted by Crippen LogP contribution is -2.40. The van der Waals surface area contributed by atoms with Gasteiger partial charge in [-0.3, -0.25) is 4.79 Å². The molecule has 0 saturated heterocycles. The first kappa shape index (κ1) is 10.3. The Labute approximate surface area is 94.8 Å². The van der Waals surface area contributed by atoms with Gasteiger partial charge < -0.3 is 0 Å². The average molecular weight is 268 g/mol. The Morgan fingerprint density at radius 2 is 2.13 bits per heavy atom. The number of rotatable bonds is 1. The number of carbonyl (C=O) groups is 1. The highest BCUT2D eigenvalue weighted by Gasteiger charge is 2.46. The highest BCUT2D eigenvalue weighted by Crippen LogP contribution is 2.43. The first-order valence-electron chi connectivity index (χ1n) is 4.46. The fourth-order valence-electron chi connectivity index (χ4n) is 1.83. The molecule has 1 aliphatic carbocycles. The van der Waals surface area contributed by atoms with E-state index in [1.165, 1.54) is 12.1 Å². The van der Waals surface area contributed by atoms with Crippen molar-refractivity contribution in [1.29, 1.82) is 5.26 Å². The summed E-state index contributed by atoms with van der Waals surface area (Å²) in [5.41, 5.74) is -0.0464. The Balaban J connectivity index is 2.46. The van der Waals surface area contributed by atoms with E-state index >= 15 is 0 Å². The second-order valence-electron chi connectivity index (χ2n) is 3.71. The molecule has 15 heavy (non-hydrogen) atoms. The zero-order valence-electron chi connectivity index (χ0n) is 7.76. The molecular weight excluding hydrogens is 261 g/mol. The minimum atomic E-state index is -0.746. The van der Waals surface area contributed by atoms with Gasteiger partial charge in [0.2, 0.25) is 0 Å². The largest absolute Gasteiger partial charge is 0.300 e. The molecule has 0 heterocycles. The summed E-state index contributed by atoms with van der Waals surface area (Å²) in [6, 6.07) is 6.34. The maximum atomic E-state index is 12.9. The van der Waals surface area contributed by atoms with E-state index in [1.807, 2.05) is 0 Å². The van der Waals surface area contributed by atoms with Crippen LogP contribution in [-0.4, -0.2) is 5.78 Å². The predicted octanol–water partition coefficient (Wildman–Crippen LogP) is 2.71. The number of nitriles is 1. The van der Waals surface area contributed by atoms with Gasteiger partial charge in [0, 0.05) is 17.3 Å². The van der Waals surface area contributed by atoms with E-state index in [-0.39, 0.29) is 24.4 Å². The van der Waals surface area contributed by atoms with E-state index in [4.69, 9.17) is 5.26 Å². The van der Waals surface area contributed by atoms with Gasteiger partial charge in [0.1, 0.15) is 11.6 Å². The van der Waals surface area contributed by atoms with Gasteiger partial charge in [-0.25, -0.2) is 4.39 Å². The zero-order chi connectivity index (χ0) is 11.1. The number of halogens is 2. The summed E-state index contributed by atoms with van der Waals surface area (Å²) in [7, 11) is 0. The fourth-order valence-corrected chi connectivity index (χ4v) is 2.56. The van der Waals surface area contributed by atoms with Crippen LogP contribution in [0.2, 0.25) is 0 Å². The van der Waals surface area contributed by atoms with Crippen molar-refractivity contribution >= 4 is 21.7 Å². The van der Waals surface area contributed by atoms with E-state index in [9.17, 15) is 9.18 Å². The molecule has 1 aromatic carbocycles. The van der Waals surface area contributed by atoms with Gasteiger partial charge in [-0.15, -0.1) is 0 Å². The Hall–Kier alpha value is -1.21. The van der Waals surface area contributed by atoms with Crippen LogP contribution in [0.5, 0.6) is 0 Å². The number of Topliss-reactive ketones (excluding diaryl/α,β-unsaturated/α-hetero) is 1. The Kier molecular flexibility index (Phi) is 2.35. The maximum absolute atomic E-state index is 12.9. The molecule has 2 rings (SSSR count). The predicted molar refractivity (Wildman–Crippen MR) is 55.6 cm³/mol. The summed E-state index contributed by atoms with van der Waals surface area (Å²) in [6.07, 6.45) is 0.460. The Bertz CT molecular complexity index is 470. The van der Waals surface area contributed by atoms with Crippen molar-refractivity contribution in [2.45, 2.75) is 18.3 Å². The first-order chi connectivity index (χ1) is 7.07. The molecule has 0 amide bonds. The van der Waals surface area contributed by atoms with Crippen LogP contribution in [0.1, 0.15) is 18.4 Å². The average Bonchev–Trinajstić information content (AvgIpc) is 2.13. The van der Waals surface area contributed by atoms with Gasteiger partial charge in [-0.2, -0.15) is 5.26 Å². The number of benzene rings is 1. The number of ketones is 1. The molecule has 0 atom stereocenters. The molecule has 1 aliphatic rings. The van der Waals surface area contributed by atoms with Gasteiger partial charge in [0.25, 0.3) is 0 Å². The number of carbonyl (C=O) groups excluding carboxylic acids is 1. The van der Waals surface area contributed by atoms with E-state index in [2.05, 4.69) is 22.0 Å². The first-order valence-corrected chi connectivity index (χ1v) is 5.25. The van der Waals surface area contributed by atoms with Crippen molar-refractivity contribution in [2.75, 3.05) is 0 Å². The van der Waals surface area contributed by atoms with Crippen molar-refractivity contribution in [3.63, 3.8) is 0 Å².